The minimum Gasteiger partial charge on any atom is -0.383 e. The van der Waals surface area contributed by atoms with Crippen molar-refractivity contribution in [3.05, 3.63) is 51.8 Å². The molecular weight excluding hydrogens is 347 g/mol. The molecule has 0 saturated heterocycles. The first kappa shape index (κ1) is 17.6. The van der Waals surface area contributed by atoms with Crippen LogP contribution in [0.2, 0.25) is 0 Å². The Bertz CT molecular complexity index is 1080. The van der Waals surface area contributed by atoms with Gasteiger partial charge >= 0.3 is 0 Å². The summed E-state index contributed by atoms with van der Waals surface area (Å²) in [5.41, 5.74) is 7.46. The summed E-state index contributed by atoms with van der Waals surface area (Å²) < 4.78 is 21.8. The van der Waals surface area contributed by atoms with E-state index >= 15 is 0 Å². The standard InChI is InChI=1S/C20H21FN4O2/c1-2-3-4-6-25-7-5-12-8-14(16(21)9-13(12)20(25)26)19-23-17-11-27-10-15(17)18(22)24-19/h5,7-9H,2-4,6,10-11H2,1H3,(H2,22,23,24). The van der Waals surface area contributed by atoms with E-state index in [2.05, 4.69) is 16.9 Å². The van der Waals surface area contributed by atoms with Gasteiger partial charge in [-0.05, 0) is 30.0 Å². The average molecular weight is 368 g/mol. The van der Waals surface area contributed by atoms with Crippen LogP contribution in [0.25, 0.3) is 22.2 Å². The summed E-state index contributed by atoms with van der Waals surface area (Å²) in [7, 11) is 0. The lowest BCUT2D eigenvalue weighted by molar-refractivity contribution is 0.133. The minimum atomic E-state index is -0.538. The lowest BCUT2D eigenvalue weighted by Crippen LogP contribution is -2.19. The molecule has 2 N–H and O–H groups in total. The van der Waals surface area contributed by atoms with Crippen molar-refractivity contribution in [2.45, 2.75) is 45.9 Å². The molecule has 27 heavy (non-hydrogen) atoms. The number of ether oxygens (including phenoxy) is 1. The second-order valence-electron chi connectivity index (χ2n) is 6.79. The molecule has 140 valence electrons. The van der Waals surface area contributed by atoms with E-state index in [4.69, 9.17) is 10.5 Å². The lowest BCUT2D eigenvalue weighted by atomic mass is 10.1. The maximum absolute atomic E-state index is 14.8. The Morgan fingerprint density at radius 1 is 1.26 bits per heavy atom. The number of fused-ring (bicyclic) bond motifs is 2. The number of nitrogens with two attached hydrogens (primary N) is 1. The van der Waals surface area contributed by atoms with E-state index in [-0.39, 0.29) is 16.9 Å². The maximum atomic E-state index is 14.8. The van der Waals surface area contributed by atoms with Crippen LogP contribution in [0.3, 0.4) is 0 Å². The monoisotopic (exact) mass is 368 g/mol. The first-order chi connectivity index (χ1) is 13.1. The highest BCUT2D eigenvalue weighted by Gasteiger charge is 2.21. The zero-order chi connectivity index (χ0) is 19.0. The Balaban J connectivity index is 1.78. The van der Waals surface area contributed by atoms with E-state index < -0.39 is 5.82 Å². The minimum absolute atomic E-state index is 0.183. The Hall–Kier alpha value is -2.80. The quantitative estimate of drug-likeness (QED) is 0.698. The molecule has 0 spiro atoms. The Morgan fingerprint density at radius 3 is 2.93 bits per heavy atom. The van der Waals surface area contributed by atoms with E-state index in [0.717, 1.165) is 24.8 Å². The van der Waals surface area contributed by atoms with E-state index in [0.29, 0.717) is 42.0 Å². The third-order valence-corrected chi connectivity index (χ3v) is 4.92. The highest BCUT2D eigenvalue weighted by molar-refractivity contribution is 5.86. The van der Waals surface area contributed by atoms with Crippen molar-refractivity contribution < 1.29 is 9.13 Å². The first-order valence-corrected chi connectivity index (χ1v) is 9.14. The van der Waals surface area contributed by atoms with Gasteiger partial charge in [0.15, 0.2) is 5.82 Å². The van der Waals surface area contributed by atoms with Gasteiger partial charge in [-0.25, -0.2) is 14.4 Å². The van der Waals surface area contributed by atoms with Gasteiger partial charge in [-0.1, -0.05) is 19.8 Å². The van der Waals surface area contributed by atoms with Crippen molar-refractivity contribution in [3.8, 4) is 11.4 Å². The van der Waals surface area contributed by atoms with Crippen LogP contribution in [0, 0.1) is 5.82 Å². The zero-order valence-electron chi connectivity index (χ0n) is 15.2. The highest BCUT2D eigenvalue weighted by Crippen LogP contribution is 2.29. The third kappa shape index (κ3) is 3.19. The maximum Gasteiger partial charge on any atom is 0.258 e. The molecule has 1 aliphatic rings. The number of pyridine rings is 1. The van der Waals surface area contributed by atoms with Crippen molar-refractivity contribution >= 4 is 16.6 Å². The van der Waals surface area contributed by atoms with Gasteiger partial charge in [0.2, 0.25) is 0 Å². The van der Waals surface area contributed by atoms with Gasteiger partial charge in [0, 0.05) is 18.3 Å². The molecule has 1 aromatic carbocycles. The number of hydrogen-bond donors (Lipinski definition) is 1. The topological polar surface area (TPSA) is 83.0 Å². The number of benzene rings is 1. The van der Waals surface area contributed by atoms with E-state index in [1.165, 1.54) is 6.07 Å². The number of aryl methyl sites for hydroxylation is 1. The largest absolute Gasteiger partial charge is 0.383 e. The smallest absolute Gasteiger partial charge is 0.258 e. The molecule has 0 atom stereocenters. The van der Waals surface area contributed by atoms with E-state index in [9.17, 15) is 9.18 Å². The molecule has 0 fully saturated rings. The average Bonchev–Trinajstić information content (AvgIpc) is 3.13. The summed E-state index contributed by atoms with van der Waals surface area (Å²) in [5, 5.41) is 1.01. The molecule has 3 heterocycles. The molecule has 1 aliphatic heterocycles. The summed E-state index contributed by atoms with van der Waals surface area (Å²) in [5.74, 6) is -0.0224. The van der Waals surface area contributed by atoms with Crippen LogP contribution >= 0.6 is 0 Å². The summed E-state index contributed by atoms with van der Waals surface area (Å²) >= 11 is 0. The van der Waals surface area contributed by atoms with Gasteiger partial charge < -0.3 is 15.0 Å². The molecule has 0 saturated carbocycles. The molecular formula is C20H21FN4O2. The molecule has 4 rings (SSSR count). The van der Waals surface area contributed by atoms with E-state index in [1.807, 2.05) is 6.07 Å². The van der Waals surface area contributed by atoms with Gasteiger partial charge in [-0.15, -0.1) is 0 Å². The predicted octanol–water partition coefficient (Wildman–Crippen LogP) is 3.40. The molecule has 2 aromatic heterocycles. The number of nitrogens with zero attached hydrogens (tertiary/aromatic N) is 3. The zero-order valence-corrected chi connectivity index (χ0v) is 15.2. The summed E-state index contributed by atoms with van der Waals surface area (Å²) in [6, 6.07) is 4.71. The fraction of sp³-hybridized carbons (Fsp3) is 0.350. The van der Waals surface area contributed by atoms with Gasteiger partial charge in [-0.2, -0.15) is 0 Å². The van der Waals surface area contributed by atoms with Crippen LogP contribution in [0.15, 0.2) is 29.2 Å². The third-order valence-electron chi connectivity index (χ3n) is 4.92. The van der Waals surface area contributed by atoms with Crippen LogP contribution in [0.4, 0.5) is 10.2 Å². The molecule has 0 aliphatic carbocycles. The second-order valence-corrected chi connectivity index (χ2v) is 6.79. The molecule has 3 aromatic rings. The number of rotatable bonds is 5. The van der Waals surface area contributed by atoms with Crippen molar-refractivity contribution in [2.75, 3.05) is 5.73 Å². The fourth-order valence-corrected chi connectivity index (χ4v) is 3.38. The van der Waals surface area contributed by atoms with Crippen molar-refractivity contribution in [3.63, 3.8) is 0 Å². The van der Waals surface area contributed by atoms with Crippen LogP contribution in [0.5, 0.6) is 0 Å². The van der Waals surface area contributed by atoms with Gasteiger partial charge in [-0.3, -0.25) is 4.79 Å². The van der Waals surface area contributed by atoms with Crippen molar-refractivity contribution in [1.29, 1.82) is 0 Å². The molecule has 0 amide bonds. The number of aromatic nitrogens is 3. The molecule has 0 radical (unpaired) electrons. The van der Waals surface area contributed by atoms with Gasteiger partial charge in [0.25, 0.3) is 5.56 Å². The van der Waals surface area contributed by atoms with Crippen LogP contribution in [-0.2, 0) is 24.5 Å². The summed E-state index contributed by atoms with van der Waals surface area (Å²) in [6.07, 6.45) is 4.81. The lowest BCUT2D eigenvalue weighted by Gasteiger charge is -2.10. The second kappa shape index (κ2) is 7.08. The molecule has 0 unspecified atom stereocenters. The summed E-state index contributed by atoms with van der Waals surface area (Å²) in [6.45, 7) is 3.46. The van der Waals surface area contributed by atoms with Crippen molar-refractivity contribution in [2.24, 2.45) is 0 Å². The predicted molar refractivity (Wildman–Crippen MR) is 102 cm³/mol. The van der Waals surface area contributed by atoms with Gasteiger partial charge in [0.1, 0.15) is 11.6 Å². The normalized spacial score (nSPS) is 13.3. The molecule has 7 heteroatoms. The number of hydrogen-bond acceptors (Lipinski definition) is 5. The Labute approximate surface area is 155 Å². The first-order valence-electron chi connectivity index (χ1n) is 9.14. The molecule has 6 nitrogen and oxygen atoms in total. The Kier molecular flexibility index (Phi) is 4.61. The number of unbranched alkanes of at least 4 members (excludes halogenated alkanes) is 2. The van der Waals surface area contributed by atoms with Crippen molar-refractivity contribution in [1.82, 2.24) is 14.5 Å². The fourth-order valence-electron chi connectivity index (χ4n) is 3.38. The van der Waals surface area contributed by atoms with Gasteiger partial charge in [0.05, 0.1) is 29.9 Å². The number of halogens is 1. The van der Waals surface area contributed by atoms with Crippen LogP contribution in [-0.4, -0.2) is 14.5 Å². The van der Waals surface area contributed by atoms with E-state index in [1.54, 1.807) is 16.8 Å². The molecule has 0 bridgehead atoms. The summed E-state index contributed by atoms with van der Waals surface area (Å²) in [4.78, 5) is 21.3. The van der Waals surface area contributed by atoms with Crippen LogP contribution in [0.1, 0.15) is 37.4 Å². The number of anilines is 1. The highest BCUT2D eigenvalue weighted by atomic mass is 19.1. The number of nitrogen functional groups attached to an aromatic ring is 1. The SMILES string of the molecule is CCCCCn1ccc2cc(-c3nc(N)c4c(n3)COC4)c(F)cc2c1=O. The van der Waals surface area contributed by atoms with Crippen LogP contribution < -0.4 is 11.3 Å². The Morgan fingerprint density at radius 2 is 2.11 bits per heavy atom.